The first-order valence-corrected chi connectivity index (χ1v) is 5.64. The number of hydrogen-bond acceptors (Lipinski definition) is 0. The molecule has 16 heavy (non-hydrogen) atoms. The van der Waals surface area contributed by atoms with Crippen LogP contribution in [-0.4, -0.2) is 0 Å². The second-order valence-corrected chi connectivity index (χ2v) is 4.45. The monoisotopic (exact) mass is 206 g/mol. The third kappa shape index (κ3) is 1.30. The molecule has 0 saturated carbocycles. The van der Waals surface area contributed by atoms with Crippen LogP contribution in [0.1, 0.15) is 11.1 Å². The molecule has 0 amide bonds. The molecule has 0 nitrogen and oxygen atoms in total. The summed E-state index contributed by atoms with van der Waals surface area (Å²) >= 11 is 0. The molecular formula is C16H14. The molecule has 0 heteroatoms. The van der Waals surface area contributed by atoms with E-state index in [4.69, 9.17) is 0 Å². The van der Waals surface area contributed by atoms with Gasteiger partial charge in [0, 0.05) is 0 Å². The molecule has 3 aromatic rings. The van der Waals surface area contributed by atoms with Gasteiger partial charge in [-0.25, -0.2) is 0 Å². The highest BCUT2D eigenvalue weighted by molar-refractivity contribution is 6.02. The third-order valence-corrected chi connectivity index (χ3v) is 3.29. The maximum Gasteiger partial charge on any atom is -0.0146 e. The van der Waals surface area contributed by atoms with Crippen molar-refractivity contribution in [2.24, 2.45) is 0 Å². The molecule has 0 spiro atoms. The Bertz CT molecular complexity index is 678. The third-order valence-electron chi connectivity index (χ3n) is 3.29. The van der Waals surface area contributed by atoms with Gasteiger partial charge in [-0.1, -0.05) is 48.0 Å². The summed E-state index contributed by atoms with van der Waals surface area (Å²) < 4.78 is 0. The van der Waals surface area contributed by atoms with Crippen LogP contribution in [0.5, 0.6) is 0 Å². The SMILES string of the molecule is Cc1ccc2cc3ccccc3c(C)c2c1. The topological polar surface area (TPSA) is 0 Å². The Labute approximate surface area is 95.5 Å². The van der Waals surface area contributed by atoms with Gasteiger partial charge in [0.15, 0.2) is 0 Å². The van der Waals surface area contributed by atoms with Gasteiger partial charge >= 0.3 is 0 Å². The fourth-order valence-corrected chi connectivity index (χ4v) is 2.40. The second-order valence-electron chi connectivity index (χ2n) is 4.45. The molecule has 0 unspecified atom stereocenters. The van der Waals surface area contributed by atoms with E-state index in [9.17, 15) is 0 Å². The van der Waals surface area contributed by atoms with Crippen molar-refractivity contribution in [3.8, 4) is 0 Å². The number of fused-ring (bicyclic) bond motifs is 2. The van der Waals surface area contributed by atoms with E-state index in [1.54, 1.807) is 0 Å². The summed E-state index contributed by atoms with van der Waals surface area (Å²) in [4.78, 5) is 0. The predicted octanol–water partition coefficient (Wildman–Crippen LogP) is 4.61. The molecule has 0 aromatic heterocycles. The van der Waals surface area contributed by atoms with Gasteiger partial charge < -0.3 is 0 Å². The first-order chi connectivity index (χ1) is 7.75. The van der Waals surface area contributed by atoms with Crippen molar-refractivity contribution < 1.29 is 0 Å². The standard InChI is InChI=1S/C16H14/c1-11-7-8-14-10-13-5-3-4-6-15(13)12(2)16(14)9-11/h3-10H,1-2H3. The smallest absolute Gasteiger partial charge is 0.0146 e. The van der Waals surface area contributed by atoms with Crippen molar-refractivity contribution >= 4 is 21.5 Å². The normalized spacial score (nSPS) is 11.1. The average Bonchev–Trinajstić information content (AvgIpc) is 2.31. The average molecular weight is 206 g/mol. The highest BCUT2D eigenvalue weighted by Crippen LogP contribution is 2.28. The Balaban J connectivity index is 2.56. The lowest BCUT2D eigenvalue weighted by Crippen LogP contribution is -1.83. The van der Waals surface area contributed by atoms with Crippen LogP contribution in [-0.2, 0) is 0 Å². The van der Waals surface area contributed by atoms with Crippen LogP contribution in [0.25, 0.3) is 21.5 Å². The van der Waals surface area contributed by atoms with Crippen molar-refractivity contribution in [3.63, 3.8) is 0 Å². The molecular weight excluding hydrogens is 192 g/mol. The molecule has 0 heterocycles. The number of aryl methyl sites for hydroxylation is 2. The fraction of sp³-hybridized carbons (Fsp3) is 0.125. The van der Waals surface area contributed by atoms with Gasteiger partial charge in [-0.3, -0.25) is 0 Å². The summed E-state index contributed by atoms with van der Waals surface area (Å²) in [6.07, 6.45) is 0. The molecule has 78 valence electrons. The minimum atomic E-state index is 1.32. The van der Waals surface area contributed by atoms with Crippen molar-refractivity contribution in [3.05, 3.63) is 59.7 Å². The van der Waals surface area contributed by atoms with Crippen molar-refractivity contribution in [1.82, 2.24) is 0 Å². The van der Waals surface area contributed by atoms with Crippen LogP contribution < -0.4 is 0 Å². The first-order valence-electron chi connectivity index (χ1n) is 5.64. The van der Waals surface area contributed by atoms with E-state index in [1.165, 1.54) is 32.7 Å². The van der Waals surface area contributed by atoms with E-state index < -0.39 is 0 Å². The van der Waals surface area contributed by atoms with E-state index >= 15 is 0 Å². The molecule has 3 aromatic carbocycles. The van der Waals surface area contributed by atoms with Crippen LogP contribution in [0.4, 0.5) is 0 Å². The Hall–Kier alpha value is -1.82. The molecule has 0 bridgehead atoms. The molecule has 3 rings (SSSR count). The quantitative estimate of drug-likeness (QED) is 0.471. The zero-order valence-electron chi connectivity index (χ0n) is 9.62. The zero-order chi connectivity index (χ0) is 11.1. The van der Waals surface area contributed by atoms with Crippen molar-refractivity contribution in [2.75, 3.05) is 0 Å². The molecule has 0 N–H and O–H groups in total. The minimum absolute atomic E-state index is 1.32. The number of rotatable bonds is 0. The lowest BCUT2D eigenvalue weighted by Gasteiger charge is -2.08. The molecule has 0 radical (unpaired) electrons. The minimum Gasteiger partial charge on any atom is -0.0616 e. The lowest BCUT2D eigenvalue weighted by molar-refractivity contribution is 1.49. The summed E-state index contributed by atoms with van der Waals surface area (Å²) in [5.74, 6) is 0. The summed E-state index contributed by atoms with van der Waals surface area (Å²) in [5.41, 5.74) is 2.71. The fourth-order valence-electron chi connectivity index (χ4n) is 2.40. The molecule has 0 aliphatic carbocycles. The maximum atomic E-state index is 2.27. The van der Waals surface area contributed by atoms with Gasteiger partial charge in [-0.15, -0.1) is 0 Å². The van der Waals surface area contributed by atoms with Crippen LogP contribution in [0.2, 0.25) is 0 Å². The van der Waals surface area contributed by atoms with Gasteiger partial charge in [0.05, 0.1) is 0 Å². The van der Waals surface area contributed by atoms with E-state index in [0.29, 0.717) is 0 Å². The van der Waals surface area contributed by atoms with E-state index in [0.717, 1.165) is 0 Å². The van der Waals surface area contributed by atoms with Gasteiger partial charge in [0.2, 0.25) is 0 Å². The molecule has 0 fully saturated rings. The maximum absolute atomic E-state index is 2.27. The highest BCUT2D eigenvalue weighted by atomic mass is 14.1. The Morgan fingerprint density at radius 2 is 1.44 bits per heavy atom. The van der Waals surface area contributed by atoms with Gasteiger partial charge in [0.1, 0.15) is 0 Å². The summed E-state index contributed by atoms with van der Waals surface area (Å²) in [6, 6.07) is 17.5. The first kappa shape index (κ1) is 9.41. The van der Waals surface area contributed by atoms with Crippen LogP contribution >= 0.6 is 0 Å². The van der Waals surface area contributed by atoms with Crippen molar-refractivity contribution in [2.45, 2.75) is 13.8 Å². The largest absolute Gasteiger partial charge is 0.0616 e. The number of benzene rings is 3. The highest BCUT2D eigenvalue weighted by Gasteiger charge is 2.03. The molecule has 0 aliphatic rings. The summed E-state index contributed by atoms with van der Waals surface area (Å²) in [7, 11) is 0. The summed E-state index contributed by atoms with van der Waals surface area (Å²) in [5, 5.41) is 5.40. The van der Waals surface area contributed by atoms with Gasteiger partial charge in [0.25, 0.3) is 0 Å². The van der Waals surface area contributed by atoms with E-state index in [1.807, 2.05) is 0 Å². The lowest BCUT2D eigenvalue weighted by atomic mass is 9.97. The van der Waals surface area contributed by atoms with Crippen LogP contribution in [0.3, 0.4) is 0 Å². The van der Waals surface area contributed by atoms with Gasteiger partial charge in [-0.2, -0.15) is 0 Å². The Kier molecular flexibility index (Phi) is 1.97. The predicted molar refractivity (Wildman–Crippen MR) is 70.9 cm³/mol. The van der Waals surface area contributed by atoms with Crippen molar-refractivity contribution in [1.29, 1.82) is 0 Å². The second kappa shape index (κ2) is 3.34. The van der Waals surface area contributed by atoms with Crippen LogP contribution in [0, 0.1) is 13.8 Å². The van der Waals surface area contributed by atoms with E-state index in [2.05, 4.69) is 62.4 Å². The molecule has 0 atom stereocenters. The Morgan fingerprint density at radius 1 is 0.688 bits per heavy atom. The molecule has 0 saturated heterocycles. The summed E-state index contributed by atoms with van der Waals surface area (Å²) in [6.45, 7) is 4.36. The zero-order valence-corrected chi connectivity index (χ0v) is 9.62. The van der Waals surface area contributed by atoms with Gasteiger partial charge in [-0.05, 0) is 47.0 Å². The number of hydrogen-bond donors (Lipinski definition) is 0. The Morgan fingerprint density at radius 3 is 2.31 bits per heavy atom. The molecule has 0 aliphatic heterocycles. The van der Waals surface area contributed by atoms with Crippen LogP contribution in [0.15, 0.2) is 48.5 Å². The van der Waals surface area contributed by atoms with E-state index in [-0.39, 0.29) is 0 Å².